The number of aliphatic hydroxyl groups is 1. The van der Waals surface area contributed by atoms with Crippen LogP contribution in [0.1, 0.15) is 30.1 Å². The van der Waals surface area contributed by atoms with E-state index in [1.807, 2.05) is 6.92 Å². The van der Waals surface area contributed by atoms with Gasteiger partial charge in [0.15, 0.2) is 0 Å². The molecule has 0 aliphatic heterocycles. The van der Waals surface area contributed by atoms with Gasteiger partial charge in [0.25, 0.3) is 0 Å². The molecule has 0 fully saturated rings. The maximum absolute atomic E-state index is 10.8. The molecule has 0 spiro atoms. The summed E-state index contributed by atoms with van der Waals surface area (Å²) in [5.41, 5.74) is 0.219. The van der Waals surface area contributed by atoms with Gasteiger partial charge in [0.2, 0.25) is 0 Å². The van der Waals surface area contributed by atoms with Gasteiger partial charge in [0.1, 0.15) is 12.4 Å². The van der Waals surface area contributed by atoms with Gasteiger partial charge in [0, 0.05) is 6.54 Å². The molecule has 106 valence electrons. The number of carboxylic acids is 1. The molecule has 0 saturated heterocycles. The molecule has 0 amide bonds. The van der Waals surface area contributed by atoms with Crippen molar-refractivity contribution < 1.29 is 19.7 Å². The van der Waals surface area contributed by atoms with E-state index in [2.05, 4.69) is 5.32 Å². The van der Waals surface area contributed by atoms with Gasteiger partial charge in [-0.1, -0.05) is 13.0 Å². The van der Waals surface area contributed by atoms with Gasteiger partial charge in [-0.05, 0) is 37.6 Å². The summed E-state index contributed by atoms with van der Waals surface area (Å²) < 4.78 is 5.44. The van der Waals surface area contributed by atoms with Crippen LogP contribution in [0.2, 0.25) is 0 Å². The second-order valence-corrected chi connectivity index (χ2v) is 4.28. The van der Waals surface area contributed by atoms with Gasteiger partial charge in [-0.25, -0.2) is 4.79 Å². The summed E-state index contributed by atoms with van der Waals surface area (Å²) in [7, 11) is 0. The number of aromatic carboxylic acids is 1. The highest BCUT2D eigenvalue weighted by Gasteiger charge is 2.03. The van der Waals surface area contributed by atoms with Crippen LogP contribution in [0.25, 0.3) is 0 Å². The number of carbonyl (C=O) groups is 1. The van der Waals surface area contributed by atoms with E-state index >= 15 is 0 Å². The molecule has 1 atom stereocenters. The molecule has 0 radical (unpaired) electrons. The first-order valence-corrected chi connectivity index (χ1v) is 6.48. The van der Waals surface area contributed by atoms with Crippen LogP contribution in [0.3, 0.4) is 0 Å². The number of rotatable bonds is 9. The van der Waals surface area contributed by atoms with Crippen molar-refractivity contribution in [1.82, 2.24) is 5.32 Å². The molecule has 0 aromatic heterocycles. The monoisotopic (exact) mass is 267 g/mol. The number of benzene rings is 1. The van der Waals surface area contributed by atoms with E-state index in [4.69, 9.17) is 9.84 Å². The van der Waals surface area contributed by atoms with Crippen LogP contribution in [0.15, 0.2) is 24.3 Å². The molecule has 5 heteroatoms. The minimum absolute atomic E-state index is 0.219. The predicted octanol–water partition coefficient (Wildman–Crippen LogP) is 1.51. The summed E-state index contributed by atoms with van der Waals surface area (Å²) >= 11 is 0. The van der Waals surface area contributed by atoms with E-state index in [0.717, 1.165) is 19.4 Å². The minimum Gasteiger partial charge on any atom is -0.492 e. The molecule has 5 nitrogen and oxygen atoms in total. The summed E-state index contributed by atoms with van der Waals surface area (Å²) in [6.07, 6.45) is 1.24. The lowest BCUT2D eigenvalue weighted by molar-refractivity contribution is 0.0696. The van der Waals surface area contributed by atoms with Crippen molar-refractivity contribution in [3.05, 3.63) is 29.8 Å². The number of ether oxygens (including phenoxy) is 1. The van der Waals surface area contributed by atoms with Gasteiger partial charge in [-0.15, -0.1) is 0 Å². The lowest BCUT2D eigenvalue weighted by atomic mass is 10.2. The highest BCUT2D eigenvalue weighted by molar-refractivity contribution is 5.87. The lowest BCUT2D eigenvalue weighted by Gasteiger charge is -2.10. The van der Waals surface area contributed by atoms with Gasteiger partial charge >= 0.3 is 5.97 Å². The van der Waals surface area contributed by atoms with Crippen molar-refractivity contribution in [2.24, 2.45) is 0 Å². The first kappa shape index (κ1) is 15.5. The fourth-order valence-corrected chi connectivity index (χ4v) is 1.56. The minimum atomic E-state index is -0.961. The van der Waals surface area contributed by atoms with Gasteiger partial charge in [0.05, 0.1) is 11.7 Å². The fourth-order valence-electron chi connectivity index (χ4n) is 1.56. The first-order chi connectivity index (χ1) is 9.13. The Morgan fingerprint density at radius 1 is 1.42 bits per heavy atom. The second-order valence-electron chi connectivity index (χ2n) is 4.28. The number of hydrogen-bond acceptors (Lipinski definition) is 4. The maximum Gasteiger partial charge on any atom is 0.335 e. The van der Waals surface area contributed by atoms with Crippen molar-refractivity contribution in [3.63, 3.8) is 0 Å². The molecule has 0 heterocycles. The van der Waals surface area contributed by atoms with E-state index in [1.165, 1.54) is 12.1 Å². The van der Waals surface area contributed by atoms with Crippen LogP contribution >= 0.6 is 0 Å². The standard InChI is InChI=1S/C14H21NO4/c1-2-12(16)6-7-15-8-9-19-13-5-3-4-11(10-13)14(17)18/h3-5,10,12,15-16H,2,6-9H2,1H3,(H,17,18). The smallest absolute Gasteiger partial charge is 0.335 e. The summed E-state index contributed by atoms with van der Waals surface area (Å²) in [5, 5.41) is 21.3. The van der Waals surface area contributed by atoms with Crippen molar-refractivity contribution in [1.29, 1.82) is 0 Å². The molecule has 1 rings (SSSR count). The van der Waals surface area contributed by atoms with Crippen LogP contribution in [0, 0.1) is 0 Å². The van der Waals surface area contributed by atoms with Crippen LogP contribution in [-0.4, -0.2) is 42.0 Å². The van der Waals surface area contributed by atoms with Gasteiger partial charge in [-0.2, -0.15) is 0 Å². The van der Waals surface area contributed by atoms with Crippen LogP contribution in [0.4, 0.5) is 0 Å². The highest BCUT2D eigenvalue weighted by Crippen LogP contribution is 2.12. The van der Waals surface area contributed by atoms with Crippen LogP contribution in [-0.2, 0) is 0 Å². The van der Waals surface area contributed by atoms with E-state index < -0.39 is 5.97 Å². The predicted molar refractivity (Wildman–Crippen MR) is 72.7 cm³/mol. The maximum atomic E-state index is 10.8. The molecule has 0 aliphatic carbocycles. The Labute approximate surface area is 113 Å². The SMILES string of the molecule is CCC(O)CCNCCOc1cccc(C(=O)O)c1. The van der Waals surface area contributed by atoms with E-state index in [9.17, 15) is 9.90 Å². The Morgan fingerprint density at radius 3 is 2.89 bits per heavy atom. The Hall–Kier alpha value is -1.59. The average Bonchev–Trinajstić information content (AvgIpc) is 2.42. The zero-order chi connectivity index (χ0) is 14.1. The average molecular weight is 267 g/mol. The number of nitrogens with one attached hydrogen (secondary N) is 1. The summed E-state index contributed by atoms with van der Waals surface area (Å²) in [6, 6.07) is 6.42. The summed E-state index contributed by atoms with van der Waals surface area (Å²) in [5.74, 6) is -0.410. The normalized spacial score (nSPS) is 12.1. The van der Waals surface area contributed by atoms with Crippen molar-refractivity contribution >= 4 is 5.97 Å². The Bertz CT molecular complexity index is 395. The summed E-state index contributed by atoms with van der Waals surface area (Å²) in [4.78, 5) is 10.8. The number of carboxylic acid groups (broad SMARTS) is 1. The molecule has 0 bridgehead atoms. The fraction of sp³-hybridized carbons (Fsp3) is 0.500. The van der Waals surface area contributed by atoms with Crippen LogP contribution in [0.5, 0.6) is 5.75 Å². The van der Waals surface area contributed by atoms with Crippen molar-refractivity contribution in [2.45, 2.75) is 25.9 Å². The van der Waals surface area contributed by atoms with Crippen molar-refractivity contribution in [2.75, 3.05) is 19.7 Å². The molecule has 1 aromatic rings. The summed E-state index contributed by atoms with van der Waals surface area (Å²) in [6.45, 7) is 3.82. The zero-order valence-corrected chi connectivity index (χ0v) is 11.1. The van der Waals surface area contributed by atoms with Crippen LogP contribution < -0.4 is 10.1 Å². The Morgan fingerprint density at radius 2 is 2.21 bits per heavy atom. The molecular formula is C14H21NO4. The number of hydrogen-bond donors (Lipinski definition) is 3. The van der Waals surface area contributed by atoms with Gasteiger partial charge in [-0.3, -0.25) is 0 Å². The Balaban J connectivity index is 2.19. The highest BCUT2D eigenvalue weighted by atomic mass is 16.5. The third kappa shape index (κ3) is 6.22. The topological polar surface area (TPSA) is 78.8 Å². The molecule has 19 heavy (non-hydrogen) atoms. The van der Waals surface area contributed by atoms with Crippen molar-refractivity contribution in [3.8, 4) is 5.75 Å². The van der Waals surface area contributed by atoms with E-state index in [-0.39, 0.29) is 11.7 Å². The third-order valence-electron chi connectivity index (χ3n) is 2.75. The lowest BCUT2D eigenvalue weighted by Crippen LogP contribution is -2.24. The molecule has 3 N–H and O–H groups in total. The molecular weight excluding hydrogens is 246 g/mol. The molecule has 1 aromatic carbocycles. The molecule has 1 unspecified atom stereocenters. The molecule has 0 aliphatic rings. The molecule has 0 saturated carbocycles. The van der Waals surface area contributed by atoms with E-state index in [1.54, 1.807) is 12.1 Å². The third-order valence-corrected chi connectivity index (χ3v) is 2.75. The quantitative estimate of drug-likeness (QED) is 0.591. The second kappa shape index (κ2) is 8.50. The first-order valence-electron chi connectivity index (χ1n) is 6.48. The van der Waals surface area contributed by atoms with Gasteiger partial charge < -0.3 is 20.3 Å². The number of aliphatic hydroxyl groups excluding tert-OH is 1. The largest absolute Gasteiger partial charge is 0.492 e. The zero-order valence-electron chi connectivity index (χ0n) is 11.1. The Kier molecular flexibility index (Phi) is 6.92. The van der Waals surface area contributed by atoms with E-state index in [0.29, 0.717) is 18.9 Å².